The Labute approximate surface area is 136 Å². The van der Waals surface area contributed by atoms with Crippen LogP contribution in [-0.4, -0.2) is 12.6 Å². The standard InChI is InChI=1S/C17H17F5O2/c1-8(2)5-6-10(9(3)4)7-24-17(23)11-12(18)14(20)16(22)15(21)13(11)19/h5,10H,3,6-7H2,1-2,4H3. The highest BCUT2D eigenvalue weighted by atomic mass is 19.2. The van der Waals surface area contributed by atoms with E-state index in [1.54, 1.807) is 6.92 Å². The van der Waals surface area contributed by atoms with E-state index in [4.69, 9.17) is 4.74 Å². The fourth-order valence-corrected chi connectivity index (χ4v) is 1.82. The lowest BCUT2D eigenvalue weighted by Gasteiger charge is -2.16. The highest BCUT2D eigenvalue weighted by molar-refractivity contribution is 5.90. The van der Waals surface area contributed by atoms with Gasteiger partial charge in [0.1, 0.15) is 5.56 Å². The summed E-state index contributed by atoms with van der Waals surface area (Å²) in [6.07, 6.45) is 2.31. The van der Waals surface area contributed by atoms with Crippen LogP contribution in [0.25, 0.3) is 0 Å². The summed E-state index contributed by atoms with van der Waals surface area (Å²) in [5.41, 5.74) is 0.0548. The molecular formula is C17H17F5O2. The third-order valence-corrected chi connectivity index (χ3v) is 3.34. The molecule has 0 saturated carbocycles. The van der Waals surface area contributed by atoms with Gasteiger partial charge in [-0.2, -0.15) is 0 Å². The van der Waals surface area contributed by atoms with Gasteiger partial charge < -0.3 is 4.74 Å². The smallest absolute Gasteiger partial charge is 0.344 e. The molecule has 1 unspecified atom stereocenters. The van der Waals surface area contributed by atoms with Crippen LogP contribution in [0.4, 0.5) is 22.0 Å². The van der Waals surface area contributed by atoms with Gasteiger partial charge in [0.25, 0.3) is 0 Å². The first-order chi connectivity index (χ1) is 11.1. The summed E-state index contributed by atoms with van der Waals surface area (Å²) in [4.78, 5) is 11.8. The molecule has 0 saturated heterocycles. The Morgan fingerprint density at radius 2 is 1.46 bits per heavy atom. The van der Waals surface area contributed by atoms with Crippen molar-refractivity contribution in [3.8, 4) is 0 Å². The number of benzene rings is 1. The van der Waals surface area contributed by atoms with E-state index in [1.165, 1.54) is 0 Å². The van der Waals surface area contributed by atoms with Crippen molar-refractivity contribution in [2.75, 3.05) is 6.61 Å². The lowest BCUT2D eigenvalue weighted by Crippen LogP contribution is -2.19. The van der Waals surface area contributed by atoms with Crippen molar-refractivity contribution in [1.82, 2.24) is 0 Å². The molecule has 1 atom stereocenters. The average molecular weight is 348 g/mol. The number of allylic oxidation sites excluding steroid dienone is 2. The Morgan fingerprint density at radius 3 is 1.88 bits per heavy atom. The molecular weight excluding hydrogens is 331 g/mol. The Morgan fingerprint density at radius 1 is 1.00 bits per heavy atom. The van der Waals surface area contributed by atoms with E-state index in [9.17, 15) is 26.7 Å². The van der Waals surface area contributed by atoms with Crippen LogP contribution < -0.4 is 0 Å². The molecule has 0 N–H and O–H groups in total. The van der Waals surface area contributed by atoms with Gasteiger partial charge in [0.2, 0.25) is 5.82 Å². The van der Waals surface area contributed by atoms with Crippen LogP contribution in [0, 0.1) is 35.0 Å². The minimum Gasteiger partial charge on any atom is -0.461 e. The number of hydrogen-bond acceptors (Lipinski definition) is 2. The minimum absolute atomic E-state index is 0.294. The number of carbonyl (C=O) groups excluding carboxylic acids is 1. The average Bonchev–Trinajstić information content (AvgIpc) is 2.50. The predicted octanol–water partition coefficient (Wildman–Crippen LogP) is 5.09. The molecule has 0 aromatic heterocycles. The summed E-state index contributed by atoms with van der Waals surface area (Å²) in [5.74, 6) is -13.1. The van der Waals surface area contributed by atoms with Crippen LogP contribution in [0.5, 0.6) is 0 Å². The first-order valence-corrected chi connectivity index (χ1v) is 7.05. The maximum absolute atomic E-state index is 13.5. The Bertz CT molecular complexity index is 662. The molecule has 0 aliphatic carbocycles. The van der Waals surface area contributed by atoms with E-state index in [2.05, 4.69) is 6.58 Å². The largest absolute Gasteiger partial charge is 0.461 e. The van der Waals surface area contributed by atoms with E-state index >= 15 is 0 Å². The minimum atomic E-state index is -2.33. The maximum atomic E-state index is 13.5. The lowest BCUT2D eigenvalue weighted by molar-refractivity contribution is 0.0446. The molecule has 7 heteroatoms. The summed E-state index contributed by atoms with van der Waals surface area (Å²) in [7, 11) is 0. The number of halogens is 5. The van der Waals surface area contributed by atoms with E-state index in [1.807, 2.05) is 19.9 Å². The molecule has 1 aromatic rings. The molecule has 0 radical (unpaired) electrons. The Kier molecular flexibility index (Phi) is 6.69. The summed E-state index contributed by atoms with van der Waals surface area (Å²) < 4.78 is 71.0. The topological polar surface area (TPSA) is 26.3 Å². The monoisotopic (exact) mass is 348 g/mol. The molecule has 1 aromatic carbocycles. The maximum Gasteiger partial charge on any atom is 0.344 e. The molecule has 0 amide bonds. The van der Waals surface area contributed by atoms with Crippen molar-refractivity contribution < 1.29 is 31.5 Å². The molecule has 0 aliphatic heterocycles. The van der Waals surface area contributed by atoms with Gasteiger partial charge in [-0.25, -0.2) is 26.7 Å². The second kappa shape index (κ2) is 8.08. The van der Waals surface area contributed by atoms with Gasteiger partial charge in [-0.05, 0) is 27.2 Å². The molecule has 2 nitrogen and oxygen atoms in total. The first kappa shape index (κ1) is 19.9. The van der Waals surface area contributed by atoms with Gasteiger partial charge >= 0.3 is 5.97 Å². The molecule has 0 fully saturated rings. The Hall–Kier alpha value is -2.18. The molecule has 1 rings (SSSR count). The molecule has 24 heavy (non-hydrogen) atoms. The fourth-order valence-electron chi connectivity index (χ4n) is 1.82. The highest BCUT2D eigenvalue weighted by Crippen LogP contribution is 2.24. The van der Waals surface area contributed by atoms with Crippen LogP contribution in [0.3, 0.4) is 0 Å². The van der Waals surface area contributed by atoms with Crippen molar-refractivity contribution >= 4 is 5.97 Å². The number of hydrogen-bond donors (Lipinski definition) is 0. The van der Waals surface area contributed by atoms with Crippen molar-refractivity contribution in [2.45, 2.75) is 27.2 Å². The van der Waals surface area contributed by atoms with Crippen LogP contribution in [0.2, 0.25) is 0 Å². The molecule has 132 valence electrons. The van der Waals surface area contributed by atoms with Crippen molar-refractivity contribution in [3.05, 3.63) is 58.5 Å². The van der Waals surface area contributed by atoms with E-state index in [0.717, 1.165) is 5.57 Å². The summed E-state index contributed by atoms with van der Waals surface area (Å²) in [6, 6.07) is 0. The van der Waals surface area contributed by atoms with Crippen LogP contribution in [-0.2, 0) is 4.74 Å². The van der Waals surface area contributed by atoms with E-state index in [0.29, 0.717) is 12.0 Å². The molecule has 0 aliphatic rings. The number of esters is 1. The second-order valence-electron chi connectivity index (χ2n) is 5.60. The third kappa shape index (κ3) is 4.43. The van der Waals surface area contributed by atoms with E-state index < -0.39 is 40.6 Å². The fraction of sp³-hybridized carbons (Fsp3) is 0.353. The quantitative estimate of drug-likeness (QED) is 0.235. The number of carbonyl (C=O) groups is 1. The predicted molar refractivity (Wildman–Crippen MR) is 78.9 cm³/mol. The van der Waals surface area contributed by atoms with Gasteiger partial charge in [-0.3, -0.25) is 0 Å². The van der Waals surface area contributed by atoms with Crippen molar-refractivity contribution in [2.24, 2.45) is 5.92 Å². The zero-order valence-corrected chi connectivity index (χ0v) is 13.5. The second-order valence-corrected chi connectivity index (χ2v) is 5.60. The van der Waals surface area contributed by atoms with Crippen LogP contribution in [0.15, 0.2) is 23.8 Å². The Balaban J connectivity index is 3.00. The molecule has 0 heterocycles. The van der Waals surface area contributed by atoms with Gasteiger partial charge in [0.05, 0.1) is 6.61 Å². The number of rotatable bonds is 6. The van der Waals surface area contributed by atoms with E-state index in [-0.39, 0.29) is 12.5 Å². The van der Waals surface area contributed by atoms with Gasteiger partial charge in [0, 0.05) is 5.92 Å². The van der Waals surface area contributed by atoms with Gasteiger partial charge in [0.15, 0.2) is 23.3 Å². The summed E-state index contributed by atoms with van der Waals surface area (Å²) in [6.45, 7) is 8.82. The summed E-state index contributed by atoms with van der Waals surface area (Å²) in [5, 5.41) is 0. The highest BCUT2D eigenvalue weighted by Gasteiger charge is 2.31. The van der Waals surface area contributed by atoms with Crippen LogP contribution in [0.1, 0.15) is 37.6 Å². The van der Waals surface area contributed by atoms with Crippen molar-refractivity contribution in [1.29, 1.82) is 0 Å². The van der Waals surface area contributed by atoms with Gasteiger partial charge in [-0.15, -0.1) is 0 Å². The SMILES string of the molecule is C=C(C)C(CC=C(C)C)COC(=O)c1c(F)c(F)c(F)c(F)c1F. The summed E-state index contributed by atoms with van der Waals surface area (Å²) >= 11 is 0. The number of ether oxygens (including phenoxy) is 1. The first-order valence-electron chi connectivity index (χ1n) is 7.05. The zero-order chi connectivity index (χ0) is 18.6. The van der Waals surface area contributed by atoms with Gasteiger partial charge in [-0.1, -0.05) is 23.8 Å². The molecule has 0 bridgehead atoms. The molecule has 0 spiro atoms. The lowest BCUT2D eigenvalue weighted by atomic mass is 9.98. The van der Waals surface area contributed by atoms with Crippen LogP contribution >= 0.6 is 0 Å². The third-order valence-electron chi connectivity index (χ3n) is 3.34. The zero-order valence-electron chi connectivity index (χ0n) is 13.5. The van der Waals surface area contributed by atoms with Crippen molar-refractivity contribution in [3.63, 3.8) is 0 Å². The normalized spacial score (nSPS) is 11.8.